The number of hydrogen-bond acceptors (Lipinski definition) is 3. The van der Waals surface area contributed by atoms with E-state index in [0.29, 0.717) is 21.3 Å². The molecular formula is C16H15BrFNO3S. The van der Waals surface area contributed by atoms with E-state index in [1.165, 1.54) is 29.4 Å². The average Bonchev–Trinajstić information content (AvgIpc) is 2.45. The molecule has 0 saturated heterocycles. The van der Waals surface area contributed by atoms with Crippen molar-refractivity contribution in [2.24, 2.45) is 0 Å². The molecule has 23 heavy (non-hydrogen) atoms. The third-order valence-electron chi connectivity index (χ3n) is 3.29. The lowest BCUT2D eigenvalue weighted by Crippen LogP contribution is -2.29. The summed E-state index contributed by atoms with van der Waals surface area (Å²) < 4.78 is 39.1. The summed E-state index contributed by atoms with van der Waals surface area (Å²) >= 11 is 3.24. The summed E-state index contributed by atoms with van der Waals surface area (Å²) in [4.78, 5) is 11.3. The molecule has 2 rings (SSSR count). The van der Waals surface area contributed by atoms with Crippen LogP contribution in [0, 0.1) is 5.82 Å². The van der Waals surface area contributed by atoms with Crippen molar-refractivity contribution >= 4 is 37.4 Å². The largest absolute Gasteiger partial charge is 0.295 e. The molecule has 0 aliphatic rings. The van der Waals surface area contributed by atoms with E-state index in [2.05, 4.69) is 15.9 Å². The number of ketones is 1. The predicted molar refractivity (Wildman–Crippen MR) is 91.6 cm³/mol. The second-order valence-electron chi connectivity index (χ2n) is 5.11. The third kappa shape index (κ3) is 4.39. The number of carbonyl (C=O) groups excluding carboxylic acids is 1. The fourth-order valence-corrected chi connectivity index (χ4v) is 3.42. The minimum atomic E-state index is -3.54. The summed E-state index contributed by atoms with van der Waals surface area (Å²) in [5.41, 5.74) is 1.58. The molecule has 0 aliphatic carbocycles. The second-order valence-corrected chi connectivity index (χ2v) is 7.87. The van der Waals surface area contributed by atoms with E-state index in [1.807, 2.05) is 0 Å². The number of rotatable bonds is 5. The number of halogens is 2. The molecular weight excluding hydrogens is 385 g/mol. The van der Waals surface area contributed by atoms with Gasteiger partial charge in [0, 0.05) is 10.0 Å². The number of Topliss-reactive ketones (excluding diaryl/α,β-unsaturated/α-hetero) is 1. The van der Waals surface area contributed by atoms with Gasteiger partial charge in [-0.1, -0.05) is 22.0 Å². The van der Waals surface area contributed by atoms with E-state index < -0.39 is 15.8 Å². The Morgan fingerprint density at radius 1 is 1.17 bits per heavy atom. The molecule has 2 aromatic rings. The van der Waals surface area contributed by atoms with Crippen LogP contribution in [0.3, 0.4) is 0 Å². The van der Waals surface area contributed by atoms with Gasteiger partial charge in [-0.25, -0.2) is 12.8 Å². The molecule has 0 radical (unpaired) electrons. The van der Waals surface area contributed by atoms with Crippen molar-refractivity contribution < 1.29 is 17.6 Å². The number of anilines is 1. The lowest BCUT2D eigenvalue weighted by molar-refractivity contribution is 0.101. The zero-order valence-corrected chi connectivity index (χ0v) is 15.0. The van der Waals surface area contributed by atoms with Crippen molar-refractivity contribution in [1.82, 2.24) is 0 Å². The van der Waals surface area contributed by atoms with E-state index in [0.717, 1.165) is 6.26 Å². The summed E-state index contributed by atoms with van der Waals surface area (Å²) in [6.45, 7) is 1.50. The van der Waals surface area contributed by atoms with Gasteiger partial charge in [0.25, 0.3) is 0 Å². The molecule has 2 aromatic carbocycles. The molecule has 0 heterocycles. The topological polar surface area (TPSA) is 54.5 Å². The number of benzene rings is 2. The van der Waals surface area contributed by atoms with Crippen LogP contribution in [0.4, 0.5) is 10.1 Å². The van der Waals surface area contributed by atoms with Crippen molar-refractivity contribution in [3.05, 3.63) is 63.9 Å². The Morgan fingerprint density at radius 2 is 1.78 bits per heavy atom. The summed E-state index contributed by atoms with van der Waals surface area (Å²) in [6.07, 6.45) is 1.10. The van der Waals surface area contributed by atoms with Crippen LogP contribution in [-0.4, -0.2) is 20.5 Å². The Morgan fingerprint density at radius 3 is 2.26 bits per heavy atom. The first-order chi connectivity index (χ1) is 10.7. The average molecular weight is 400 g/mol. The SMILES string of the molecule is CC(=O)c1ccc(N(Cc2ccc(F)cc2Br)S(C)(=O)=O)cc1. The molecule has 0 amide bonds. The highest BCUT2D eigenvalue weighted by atomic mass is 79.9. The summed E-state index contributed by atoms with van der Waals surface area (Å²) in [7, 11) is -3.54. The van der Waals surface area contributed by atoms with Gasteiger partial charge in [-0.2, -0.15) is 0 Å². The van der Waals surface area contributed by atoms with Gasteiger partial charge in [0.1, 0.15) is 5.82 Å². The molecule has 0 N–H and O–H groups in total. The Labute approximate surface area is 143 Å². The first-order valence-electron chi connectivity index (χ1n) is 6.71. The highest BCUT2D eigenvalue weighted by molar-refractivity contribution is 9.10. The molecule has 0 saturated carbocycles. The fourth-order valence-electron chi connectivity index (χ4n) is 2.07. The van der Waals surface area contributed by atoms with Gasteiger partial charge in [-0.15, -0.1) is 0 Å². The van der Waals surface area contributed by atoms with Crippen LogP contribution >= 0.6 is 15.9 Å². The predicted octanol–water partition coefficient (Wildman–Crippen LogP) is 3.76. The molecule has 0 atom stereocenters. The maximum Gasteiger partial charge on any atom is 0.232 e. The van der Waals surface area contributed by atoms with Crippen LogP contribution in [-0.2, 0) is 16.6 Å². The van der Waals surface area contributed by atoms with Crippen molar-refractivity contribution in [2.45, 2.75) is 13.5 Å². The maximum absolute atomic E-state index is 13.2. The van der Waals surface area contributed by atoms with E-state index in [9.17, 15) is 17.6 Å². The normalized spacial score (nSPS) is 11.3. The third-order valence-corrected chi connectivity index (χ3v) is 5.17. The number of carbonyl (C=O) groups is 1. The fraction of sp³-hybridized carbons (Fsp3) is 0.188. The molecule has 0 unspecified atom stereocenters. The molecule has 0 bridgehead atoms. The van der Waals surface area contributed by atoms with Crippen molar-refractivity contribution in [3.8, 4) is 0 Å². The Balaban J connectivity index is 2.40. The smallest absolute Gasteiger partial charge is 0.232 e. The van der Waals surface area contributed by atoms with Gasteiger partial charge >= 0.3 is 0 Å². The van der Waals surface area contributed by atoms with Gasteiger partial charge < -0.3 is 0 Å². The van der Waals surface area contributed by atoms with Crippen LogP contribution in [0.5, 0.6) is 0 Å². The molecule has 0 spiro atoms. The van der Waals surface area contributed by atoms with Crippen molar-refractivity contribution in [2.75, 3.05) is 10.6 Å². The molecule has 0 fully saturated rings. The molecule has 122 valence electrons. The number of nitrogens with zero attached hydrogens (tertiary/aromatic N) is 1. The molecule has 0 aliphatic heterocycles. The maximum atomic E-state index is 13.2. The van der Waals surface area contributed by atoms with Crippen LogP contribution in [0.2, 0.25) is 0 Å². The zero-order valence-electron chi connectivity index (χ0n) is 12.6. The van der Waals surface area contributed by atoms with Gasteiger partial charge in [0.2, 0.25) is 10.0 Å². The van der Waals surface area contributed by atoms with Gasteiger partial charge in [0.15, 0.2) is 5.78 Å². The quantitative estimate of drug-likeness (QED) is 0.719. The number of hydrogen-bond donors (Lipinski definition) is 0. The van der Waals surface area contributed by atoms with E-state index in [-0.39, 0.29) is 12.3 Å². The first-order valence-corrected chi connectivity index (χ1v) is 9.35. The Hall–Kier alpha value is -1.73. The second kappa shape index (κ2) is 6.80. The van der Waals surface area contributed by atoms with Crippen LogP contribution < -0.4 is 4.31 Å². The van der Waals surface area contributed by atoms with Crippen molar-refractivity contribution in [1.29, 1.82) is 0 Å². The zero-order chi connectivity index (χ0) is 17.2. The molecule has 4 nitrogen and oxygen atoms in total. The monoisotopic (exact) mass is 399 g/mol. The number of sulfonamides is 1. The van der Waals surface area contributed by atoms with Gasteiger partial charge in [-0.3, -0.25) is 9.10 Å². The molecule has 0 aromatic heterocycles. The Bertz CT molecular complexity index is 835. The Kier molecular flexibility index (Phi) is 5.21. The standard InChI is InChI=1S/C16H15BrFNO3S/c1-11(20)12-4-7-15(8-5-12)19(23(2,21)22)10-13-3-6-14(18)9-16(13)17/h3-9H,10H2,1-2H3. The minimum absolute atomic E-state index is 0.0547. The van der Waals surface area contributed by atoms with Crippen LogP contribution in [0.25, 0.3) is 0 Å². The summed E-state index contributed by atoms with van der Waals surface area (Å²) in [6, 6.07) is 10.4. The first kappa shape index (κ1) is 17.6. The van der Waals surface area contributed by atoms with E-state index >= 15 is 0 Å². The highest BCUT2D eigenvalue weighted by Gasteiger charge is 2.19. The van der Waals surface area contributed by atoms with E-state index in [4.69, 9.17) is 0 Å². The van der Waals surface area contributed by atoms with Gasteiger partial charge in [0.05, 0.1) is 18.5 Å². The highest BCUT2D eigenvalue weighted by Crippen LogP contribution is 2.25. The summed E-state index contributed by atoms with van der Waals surface area (Å²) in [5.74, 6) is -0.499. The van der Waals surface area contributed by atoms with E-state index in [1.54, 1.807) is 24.3 Å². The minimum Gasteiger partial charge on any atom is -0.295 e. The van der Waals surface area contributed by atoms with Crippen molar-refractivity contribution in [3.63, 3.8) is 0 Å². The lowest BCUT2D eigenvalue weighted by Gasteiger charge is -2.23. The summed E-state index contributed by atoms with van der Waals surface area (Å²) in [5, 5.41) is 0. The van der Waals surface area contributed by atoms with Gasteiger partial charge in [-0.05, 0) is 48.9 Å². The van der Waals surface area contributed by atoms with Crippen LogP contribution in [0.1, 0.15) is 22.8 Å². The lowest BCUT2D eigenvalue weighted by atomic mass is 10.1. The molecule has 7 heteroatoms. The van der Waals surface area contributed by atoms with Crippen LogP contribution in [0.15, 0.2) is 46.9 Å².